The molecule has 0 spiro atoms. The van der Waals surface area contributed by atoms with Gasteiger partial charge in [0.2, 0.25) is 0 Å². The maximum absolute atomic E-state index is 15.0. The summed E-state index contributed by atoms with van der Waals surface area (Å²) in [6, 6.07) is 168. The fourth-order valence-electron chi connectivity index (χ4n) is 19.8. The van der Waals surface area contributed by atoms with Gasteiger partial charge in [-0.15, -0.1) is 0 Å². The molecule has 8 heteroatoms. The molecule has 0 aliphatic carbocycles. The number of fused-ring (bicyclic) bond motifs is 17. The van der Waals surface area contributed by atoms with Crippen molar-refractivity contribution in [2.75, 3.05) is 0 Å². The van der Waals surface area contributed by atoms with Crippen LogP contribution < -0.4 is 15.9 Å². The van der Waals surface area contributed by atoms with Crippen LogP contribution in [-0.2, 0) is 4.57 Å². The van der Waals surface area contributed by atoms with Crippen LogP contribution >= 0.6 is 7.14 Å². The Balaban J connectivity index is 0.000000111. The Kier molecular flexibility index (Phi) is 20.0. The highest BCUT2D eigenvalue weighted by atomic mass is 31.2. The van der Waals surface area contributed by atoms with Gasteiger partial charge in [-0.2, -0.15) is 0 Å². The number of pyridine rings is 2. The summed E-state index contributed by atoms with van der Waals surface area (Å²) in [6.07, 6.45) is 0. The van der Waals surface area contributed by atoms with E-state index in [4.69, 9.17) is 19.9 Å². The number of para-hydroxylation sites is 5. The minimum Gasteiger partial charge on any atom is -0.309 e. The number of hydrogen-bond donors (Lipinski definition) is 0. The number of rotatable bonds is 11. The molecule has 131 heavy (non-hydrogen) atoms. The highest BCUT2D eigenvalue weighted by molar-refractivity contribution is 7.85. The number of hydrogen-bond acceptors (Lipinski definition) is 5. The molecule has 4 heterocycles. The minimum atomic E-state index is -3.06. The molecule has 22 aromatic carbocycles. The van der Waals surface area contributed by atoms with E-state index in [0.29, 0.717) is 0 Å². The molecule has 616 valence electrons. The Morgan fingerprint density at radius 3 is 0.863 bits per heavy atom. The maximum Gasteiger partial charge on any atom is 0.171 e. The quantitative estimate of drug-likeness (QED) is 0.0732. The monoisotopic (exact) mass is 1690 g/mol. The first-order valence-electron chi connectivity index (χ1n) is 44.2. The van der Waals surface area contributed by atoms with Gasteiger partial charge < -0.3 is 4.57 Å². The van der Waals surface area contributed by atoms with Gasteiger partial charge in [-0.05, 0) is 142 Å². The van der Waals surface area contributed by atoms with Crippen LogP contribution in [0.25, 0.3) is 220 Å². The van der Waals surface area contributed by atoms with Gasteiger partial charge in [0.25, 0.3) is 0 Å². The van der Waals surface area contributed by atoms with Crippen LogP contribution in [0.2, 0.25) is 0 Å². The molecule has 0 unspecified atom stereocenters. The van der Waals surface area contributed by atoms with Crippen LogP contribution in [-0.4, -0.2) is 29.1 Å². The third-order valence-corrected chi connectivity index (χ3v) is 28.9. The van der Waals surface area contributed by atoms with Crippen molar-refractivity contribution in [1.29, 1.82) is 0 Å². The first-order valence-corrected chi connectivity index (χ1v) is 45.9. The molecule has 26 aromatic rings. The summed E-state index contributed by atoms with van der Waals surface area (Å²) in [5, 5.41) is 23.9. The van der Waals surface area contributed by atoms with E-state index >= 15 is 0 Å². The van der Waals surface area contributed by atoms with Crippen molar-refractivity contribution in [3.63, 3.8) is 0 Å². The molecule has 0 atom stereocenters. The molecule has 0 amide bonds. The second-order valence-electron chi connectivity index (χ2n) is 33.3. The van der Waals surface area contributed by atoms with Gasteiger partial charge >= 0.3 is 0 Å². The normalized spacial score (nSPS) is 11.6. The van der Waals surface area contributed by atoms with E-state index in [1.54, 1.807) is 0 Å². The average Bonchev–Trinajstić information content (AvgIpc) is 1.44. The Morgan fingerprint density at radius 2 is 0.450 bits per heavy atom. The number of benzene rings is 22. The van der Waals surface area contributed by atoms with E-state index in [9.17, 15) is 4.57 Å². The smallest absolute Gasteiger partial charge is 0.171 e. The second kappa shape index (κ2) is 33.2. The molecule has 0 saturated carbocycles. The molecule has 0 fully saturated rings. The van der Waals surface area contributed by atoms with E-state index < -0.39 is 7.14 Å². The zero-order valence-electron chi connectivity index (χ0n) is 70.6. The van der Waals surface area contributed by atoms with Gasteiger partial charge in [0.1, 0.15) is 11.6 Å². The highest BCUT2D eigenvalue weighted by Crippen LogP contribution is 2.49. The van der Waals surface area contributed by atoms with Crippen LogP contribution in [0.5, 0.6) is 0 Å². The largest absolute Gasteiger partial charge is 0.309 e. The van der Waals surface area contributed by atoms with E-state index in [-0.39, 0.29) is 7.43 Å². The predicted molar refractivity (Wildman–Crippen MR) is 555 cm³/mol. The summed E-state index contributed by atoms with van der Waals surface area (Å²) in [6.45, 7) is 0. The van der Waals surface area contributed by atoms with Crippen molar-refractivity contribution in [3.8, 4) is 78.7 Å². The van der Waals surface area contributed by atoms with Crippen molar-refractivity contribution in [3.05, 3.63) is 479 Å². The van der Waals surface area contributed by atoms with Crippen molar-refractivity contribution in [2.24, 2.45) is 0 Å². The summed E-state index contributed by atoms with van der Waals surface area (Å²) in [5.41, 5.74) is 22.1. The van der Waals surface area contributed by atoms with Gasteiger partial charge in [0.15, 0.2) is 7.14 Å². The summed E-state index contributed by atoms with van der Waals surface area (Å²) in [4.78, 5) is 20.8. The summed E-state index contributed by atoms with van der Waals surface area (Å²) < 4.78 is 19.5. The lowest BCUT2D eigenvalue weighted by Crippen LogP contribution is -2.24. The number of aromatic nitrogens is 6. The first-order chi connectivity index (χ1) is 64.4. The van der Waals surface area contributed by atoms with E-state index in [1.807, 2.05) is 78.9 Å². The second-order valence-corrected chi connectivity index (χ2v) is 36.0. The molecular weight excluding hydrogens is 1610 g/mol. The zero-order valence-corrected chi connectivity index (χ0v) is 71.5. The number of nitrogens with zero attached hydrogens (tertiary/aromatic N) is 6. The zero-order chi connectivity index (χ0) is 86.2. The SMILES string of the molecule is C.O=P(c1ccccc1)(c1ccccc1)c1ccc(-c2c3ccc4ccccc4c3nc3c2ccc2ccccc23)cc1.c1ccc(-c2nc3ccccc3n2-c2ccc(-c3c4ccccc4c(-c4ccc5ccccc5c4)c4ccccc34)cc2)cc1.c1ccc(-n2c(-c3ccc(-c4c5ccc6ccccc6c5nc5c4ccc4ccccc45)cc3)nc3ccccc32)cc1. The Bertz CT molecular complexity index is 8700. The Labute approximate surface area is 757 Å². The number of imidazole rings is 2. The van der Waals surface area contributed by atoms with Crippen LogP contribution in [0.4, 0.5) is 0 Å². The van der Waals surface area contributed by atoms with Gasteiger partial charge in [-0.1, -0.05) is 432 Å². The van der Waals surface area contributed by atoms with Crippen molar-refractivity contribution in [2.45, 2.75) is 7.43 Å². The van der Waals surface area contributed by atoms with E-state index in [2.05, 4.69) is 410 Å². The van der Waals surface area contributed by atoms with Crippen LogP contribution in [0.3, 0.4) is 0 Å². The lowest BCUT2D eigenvalue weighted by Gasteiger charge is -2.20. The molecule has 0 bridgehead atoms. The molecule has 0 N–H and O–H groups in total. The molecule has 0 radical (unpaired) electrons. The Morgan fingerprint density at radius 1 is 0.183 bits per heavy atom. The van der Waals surface area contributed by atoms with E-state index in [0.717, 1.165) is 143 Å². The van der Waals surface area contributed by atoms with Gasteiger partial charge in [-0.25, -0.2) is 19.9 Å². The standard InChI is InChI=1S/C43H28N2.C40H25N3.C39H26NOP.CH4/c1-2-13-31(14-3-1)43-44-39-20-10-11-21-40(39)45(43)34-26-24-30(25-27-34)41-35-16-6-8-18-37(35)42(38-19-9-7-17-36(38)41)33-23-22-29-12-4-5-15-32(29)28-33;1-2-12-30(13-3-1)43-36-17-9-8-16-35(36)41-40(43)29-20-18-28(19-21-29)37-33-24-22-26-10-4-6-14-31(26)38(33)42-39-32-15-7-5-11-27(32)23-25-34(37)39;41-42(30-13-3-1-4-14-30,31-15-5-2-6-16-31)32-23-19-29(20-24-32)37-35-25-21-27-11-7-9-17-33(27)38(35)40-39-34-18-10-8-12-28(34)22-26-36(37)39;/h1-28H;1-25H;1-26H;1H4. The molecule has 0 aliphatic heterocycles. The average molecular weight is 1690 g/mol. The predicted octanol–water partition coefficient (Wildman–Crippen LogP) is 31.5. The topological polar surface area (TPSA) is 78.5 Å². The molecule has 26 rings (SSSR count). The molecule has 0 saturated heterocycles. The lowest BCUT2D eigenvalue weighted by atomic mass is 9.85. The van der Waals surface area contributed by atoms with Crippen molar-refractivity contribution >= 4 is 164 Å². The van der Waals surface area contributed by atoms with Gasteiger partial charge in [0, 0.05) is 92.6 Å². The van der Waals surface area contributed by atoms with Crippen LogP contribution in [0, 0.1) is 0 Å². The highest BCUT2D eigenvalue weighted by Gasteiger charge is 2.31. The van der Waals surface area contributed by atoms with Crippen LogP contribution in [0.15, 0.2) is 479 Å². The fourth-order valence-corrected chi connectivity index (χ4v) is 22.4. The maximum atomic E-state index is 15.0. The van der Waals surface area contributed by atoms with Crippen molar-refractivity contribution in [1.82, 2.24) is 29.1 Å². The lowest BCUT2D eigenvalue weighted by molar-refractivity contribution is 0.592. The van der Waals surface area contributed by atoms with Gasteiger partial charge in [-0.3, -0.25) is 9.13 Å². The molecule has 7 nitrogen and oxygen atoms in total. The summed E-state index contributed by atoms with van der Waals surface area (Å²) in [7, 11) is -3.06. The van der Waals surface area contributed by atoms with Crippen LogP contribution in [0.1, 0.15) is 7.43 Å². The van der Waals surface area contributed by atoms with Gasteiger partial charge in [0.05, 0.1) is 44.1 Å². The van der Waals surface area contributed by atoms with E-state index in [1.165, 1.54) is 92.5 Å². The summed E-state index contributed by atoms with van der Waals surface area (Å²) >= 11 is 0. The minimum absolute atomic E-state index is 0. The third kappa shape index (κ3) is 13.7. The molecular formula is C123H83N6OP. The first kappa shape index (κ1) is 78.9. The third-order valence-electron chi connectivity index (χ3n) is 25.9. The fraction of sp³-hybridized carbons (Fsp3) is 0.00813. The summed E-state index contributed by atoms with van der Waals surface area (Å²) in [5.74, 6) is 1.88. The van der Waals surface area contributed by atoms with Crippen molar-refractivity contribution < 1.29 is 4.57 Å². The molecule has 4 aromatic heterocycles. The Hall–Kier alpha value is -16.8. The molecule has 0 aliphatic rings.